The molecule has 0 spiro atoms. The van der Waals surface area contributed by atoms with Gasteiger partial charge in [-0.05, 0) is 39.2 Å². The molecule has 104 valence electrons. The van der Waals surface area contributed by atoms with Gasteiger partial charge < -0.3 is 16.0 Å². The Balaban J connectivity index is 1.57. The van der Waals surface area contributed by atoms with Crippen LogP contribution in [0, 0.1) is 6.92 Å². The molecule has 3 N–H and O–H groups in total. The summed E-state index contributed by atoms with van der Waals surface area (Å²) < 4.78 is 0. The predicted molar refractivity (Wildman–Crippen MR) is 77.5 cm³/mol. The van der Waals surface area contributed by atoms with Crippen molar-refractivity contribution in [3.05, 3.63) is 11.9 Å². The van der Waals surface area contributed by atoms with Crippen molar-refractivity contribution >= 4 is 11.6 Å². The lowest BCUT2D eigenvalue weighted by molar-refractivity contribution is 0.414. The van der Waals surface area contributed by atoms with E-state index in [4.69, 9.17) is 0 Å². The highest BCUT2D eigenvalue weighted by Crippen LogP contribution is 2.24. The SMILES string of the molecule is Cc1nc(NCC2CCCCN2)cc(NC2CC2)n1. The van der Waals surface area contributed by atoms with Crippen LogP contribution in [0.2, 0.25) is 0 Å². The molecule has 1 aliphatic carbocycles. The highest BCUT2D eigenvalue weighted by molar-refractivity contribution is 5.48. The van der Waals surface area contributed by atoms with Crippen LogP contribution in [0.3, 0.4) is 0 Å². The van der Waals surface area contributed by atoms with Crippen molar-refractivity contribution in [2.24, 2.45) is 0 Å². The second-order valence-electron chi connectivity index (χ2n) is 5.63. The predicted octanol–water partition coefficient (Wildman–Crippen LogP) is 1.91. The van der Waals surface area contributed by atoms with Gasteiger partial charge in [0.2, 0.25) is 0 Å². The van der Waals surface area contributed by atoms with Gasteiger partial charge in [0.1, 0.15) is 17.5 Å². The summed E-state index contributed by atoms with van der Waals surface area (Å²) in [6.45, 7) is 4.03. The number of nitrogens with one attached hydrogen (secondary N) is 3. The highest BCUT2D eigenvalue weighted by Gasteiger charge is 2.21. The molecule has 1 saturated carbocycles. The van der Waals surface area contributed by atoms with Gasteiger partial charge in [-0.25, -0.2) is 9.97 Å². The van der Waals surface area contributed by atoms with Gasteiger partial charge in [0, 0.05) is 24.7 Å². The summed E-state index contributed by atoms with van der Waals surface area (Å²) in [6, 6.07) is 3.22. The van der Waals surface area contributed by atoms with Crippen molar-refractivity contribution < 1.29 is 0 Å². The Morgan fingerprint density at radius 1 is 1.21 bits per heavy atom. The molecule has 0 radical (unpaired) electrons. The van der Waals surface area contributed by atoms with E-state index in [9.17, 15) is 0 Å². The van der Waals surface area contributed by atoms with Crippen LogP contribution in [0.4, 0.5) is 11.6 Å². The van der Waals surface area contributed by atoms with Crippen LogP contribution in [-0.2, 0) is 0 Å². The van der Waals surface area contributed by atoms with Crippen molar-refractivity contribution in [2.75, 3.05) is 23.7 Å². The molecule has 5 nitrogen and oxygen atoms in total. The lowest BCUT2D eigenvalue weighted by Gasteiger charge is -2.24. The lowest BCUT2D eigenvalue weighted by atomic mass is 10.1. The van der Waals surface area contributed by atoms with E-state index in [0.717, 1.165) is 30.5 Å². The zero-order valence-corrected chi connectivity index (χ0v) is 11.6. The van der Waals surface area contributed by atoms with E-state index in [1.807, 2.05) is 13.0 Å². The largest absolute Gasteiger partial charge is 0.368 e. The standard InChI is InChI=1S/C14H23N5/c1-10-17-13(8-14(18-10)19-11-5-6-11)16-9-12-4-2-3-7-15-12/h8,11-12,15H,2-7,9H2,1H3,(H2,16,17,18,19). The van der Waals surface area contributed by atoms with E-state index in [-0.39, 0.29) is 0 Å². The fraction of sp³-hybridized carbons (Fsp3) is 0.714. The van der Waals surface area contributed by atoms with Gasteiger partial charge in [0.05, 0.1) is 0 Å². The van der Waals surface area contributed by atoms with Gasteiger partial charge >= 0.3 is 0 Å². The number of rotatable bonds is 5. The molecule has 0 aromatic carbocycles. The zero-order chi connectivity index (χ0) is 13.1. The molecule has 1 unspecified atom stereocenters. The van der Waals surface area contributed by atoms with Gasteiger partial charge in [0.15, 0.2) is 0 Å². The van der Waals surface area contributed by atoms with Crippen LogP contribution in [0.1, 0.15) is 37.9 Å². The van der Waals surface area contributed by atoms with Gasteiger partial charge in [-0.2, -0.15) is 0 Å². The molecule has 1 aliphatic heterocycles. The third-order valence-electron chi connectivity index (χ3n) is 3.71. The Labute approximate surface area is 114 Å². The molecule has 2 heterocycles. The summed E-state index contributed by atoms with van der Waals surface area (Å²) in [6.07, 6.45) is 6.41. The molecule has 2 fully saturated rings. The number of nitrogens with zero attached hydrogens (tertiary/aromatic N) is 2. The van der Waals surface area contributed by atoms with Crippen LogP contribution in [0.15, 0.2) is 6.07 Å². The maximum Gasteiger partial charge on any atom is 0.132 e. The number of aryl methyl sites for hydroxylation is 1. The first-order chi connectivity index (χ1) is 9.29. The minimum Gasteiger partial charge on any atom is -0.368 e. The van der Waals surface area contributed by atoms with E-state index in [2.05, 4.69) is 25.9 Å². The topological polar surface area (TPSA) is 61.9 Å². The van der Waals surface area contributed by atoms with Crippen molar-refractivity contribution in [3.63, 3.8) is 0 Å². The van der Waals surface area contributed by atoms with Gasteiger partial charge in [-0.3, -0.25) is 0 Å². The number of hydrogen-bond donors (Lipinski definition) is 3. The maximum atomic E-state index is 4.46. The second kappa shape index (κ2) is 5.74. The number of aromatic nitrogens is 2. The Hall–Kier alpha value is -1.36. The van der Waals surface area contributed by atoms with Crippen molar-refractivity contribution in [1.82, 2.24) is 15.3 Å². The van der Waals surface area contributed by atoms with Gasteiger partial charge in [0.25, 0.3) is 0 Å². The Morgan fingerprint density at radius 2 is 2.05 bits per heavy atom. The highest BCUT2D eigenvalue weighted by atomic mass is 15.1. The summed E-state index contributed by atoms with van der Waals surface area (Å²) in [5.74, 6) is 2.71. The molecule has 1 atom stereocenters. The van der Waals surface area contributed by atoms with Gasteiger partial charge in [-0.1, -0.05) is 6.42 Å². The number of anilines is 2. The Bertz CT molecular complexity index is 424. The number of hydrogen-bond acceptors (Lipinski definition) is 5. The molecule has 0 bridgehead atoms. The van der Waals surface area contributed by atoms with Crippen LogP contribution >= 0.6 is 0 Å². The Morgan fingerprint density at radius 3 is 2.79 bits per heavy atom. The van der Waals surface area contributed by atoms with E-state index in [1.165, 1.54) is 32.1 Å². The average molecular weight is 261 g/mol. The maximum absolute atomic E-state index is 4.46. The fourth-order valence-electron chi connectivity index (χ4n) is 2.49. The van der Waals surface area contributed by atoms with E-state index >= 15 is 0 Å². The molecular weight excluding hydrogens is 238 g/mol. The third kappa shape index (κ3) is 3.80. The van der Waals surface area contributed by atoms with Crippen LogP contribution < -0.4 is 16.0 Å². The summed E-state index contributed by atoms with van der Waals surface area (Å²) in [7, 11) is 0. The molecule has 0 amide bonds. The minimum atomic E-state index is 0.573. The molecule has 1 aromatic rings. The summed E-state index contributed by atoms with van der Waals surface area (Å²) >= 11 is 0. The normalized spacial score (nSPS) is 23.1. The second-order valence-corrected chi connectivity index (χ2v) is 5.63. The van der Waals surface area contributed by atoms with E-state index in [0.29, 0.717) is 12.1 Å². The molecule has 19 heavy (non-hydrogen) atoms. The summed E-state index contributed by atoms with van der Waals surface area (Å²) in [5.41, 5.74) is 0. The zero-order valence-electron chi connectivity index (χ0n) is 11.6. The summed E-state index contributed by atoms with van der Waals surface area (Å²) in [4.78, 5) is 8.89. The lowest BCUT2D eigenvalue weighted by Crippen LogP contribution is -2.39. The quantitative estimate of drug-likeness (QED) is 0.756. The molecule has 1 aromatic heterocycles. The molecule has 1 saturated heterocycles. The average Bonchev–Trinajstić information content (AvgIpc) is 3.21. The van der Waals surface area contributed by atoms with Crippen molar-refractivity contribution in [2.45, 2.75) is 51.1 Å². The third-order valence-corrected chi connectivity index (χ3v) is 3.71. The smallest absolute Gasteiger partial charge is 0.132 e. The summed E-state index contributed by atoms with van der Waals surface area (Å²) in [5, 5.41) is 10.4. The first-order valence-corrected chi connectivity index (χ1v) is 7.39. The Kier molecular flexibility index (Phi) is 3.82. The molecule has 2 aliphatic rings. The van der Waals surface area contributed by atoms with Crippen molar-refractivity contribution in [1.29, 1.82) is 0 Å². The first-order valence-electron chi connectivity index (χ1n) is 7.39. The molecule has 5 heteroatoms. The monoisotopic (exact) mass is 261 g/mol. The van der Waals surface area contributed by atoms with Crippen LogP contribution in [0.5, 0.6) is 0 Å². The van der Waals surface area contributed by atoms with E-state index < -0.39 is 0 Å². The van der Waals surface area contributed by atoms with Gasteiger partial charge in [-0.15, -0.1) is 0 Å². The van der Waals surface area contributed by atoms with Crippen molar-refractivity contribution in [3.8, 4) is 0 Å². The van der Waals surface area contributed by atoms with E-state index in [1.54, 1.807) is 0 Å². The molecular formula is C14H23N5. The van der Waals surface area contributed by atoms with Crippen LogP contribution in [0.25, 0.3) is 0 Å². The first kappa shape index (κ1) is 12.7. The minimum absolute atomic E-state index is 0.573. The molecule has 3 rings (SSSR count). The number of piperidine rings is 1. The van der Waals surface area contributed by atoms with Crippen LogP contribution in [-0.4, -0.2) is 35.1 Å². The fourth-order valence-corrected chi connectivity index (χ4v) is 2.49.